The van der Waals surface area contributed by atoms with Gasteiger partial charge in [0.25, 0.3) is 5.56 Å². The highest BCUT2D eigenvalue weighted by Crippen LogP contribution is 2.17. The summed E-state index contributed by atoms with van der Waals surface area (Å²) in [7, 11) is 3.17. The molecule has 3 aromatic rings. The molecule has 0 unspecified atom stereocenters. The first-order valence-electron chi connectivity index (χ1n) is 8.04. The summed E-state index contributed by atoms with van der Waals surface area (Å²) >= 11 is 0. The van der Waals surface area contributed by atoms with Gasteiger partial charge in [-0.1, -0.05) is 0 Å². The molecular formula is C16H20N6O2. The Labute approximate surface area is 138 Å². The van der Waals surface area contributed by atoms with E-state index in [1.54, 1.807) is 7.05 Å². The molecule has 0 saturated carbocycles. The molecule has 0 N–H and O–H groups in total. The van der Waals surface area contributed by atoms with Crippen LogP contribution in [-0.4, -0.2) is 41.2 Å². The molecule has 8 nitrogen and oxygen atoms in total. The van der Waals surface area contributed by atoms with Gasteiger partial charge in [0.05, 0.1) is 6.54 Å². The monoisotopic (exact) mass is 328 g/mol. The van der Waals surface area contributed by atoms with Crippen molar-refractivity contribution in [1.29, 1.82) is 0 Å². The van der Waals surface area contributed by atoms with Crippen LogP contribution in [-0.2, 0) is 33.7 Å². The zero-order chi connectivity index (χ0) is 16.8. The Morgan fingerprint density at radius 2 is 1.79 bits per heavy atom. The second-order valence-electron chi connectivity index (χ2n) is 6.25. The summed E-state index contributed by atoms with van der Waals surface area (Å²) in [6, 6.07) is 4.04. The summed E-state index contributed by atoms with van der Waals surface area (Å²) in [5, 5.41) is 0. The smallest absolute Gasteiger partial charge is 0.332 e. The Kier molecular flexibility index (Phi) is 3.42. The predicted molar refractivity (Wildman–Crippen MR) is 89.9 cm³/mol. The number of imidazole rings is 1. The summed E-state index contributed by atoms with van der Waals surface area (Å²) < 4.78 is 6.71. The summed E-state index contributed by atoms with van der Waals surface area (Å²) in [5.41, 5.74) is 0.394. The summed E-state index contributed by atoms with van der Waals surface area (Å²) in [6.07, 6.45) is 4.11. The fourth-order valence-electron chi connectivity index (χ4n) is 3.34. The SMILES string of the molecule is Cn1c(=O)c2c(nc3n2CCN(CCn2cccc2)C3)n(C)c1=O. The van der Waals surface area contributed by atoms with Crippen molar-refractivity contribution >= 4 is 11.2 Å². The lowest BCUT2D eigenvalue weighted by atomic mass is 10.3. The summed E-state index contributed by atoms with van der Waals surface area (Å²) in [4.78, 5) is 31.4. The molecule has 8 heteroatoms. The maximum atomic E-state index is 12.5. The average Bonchev–Trinajstić information content (AvgIpc) is 3.23. The van der Waals surface area contributed by atoms with E-state index in [0.717, 1.165) is 30.0 Å². The molecule has 4 rings (SSSR count). The Bertz CT molecular complexity index is 1010. The second-order valence-corrected chi connectivity index (χ2v) is 6.25. The van der Waals surface area contributed by atoms with Gasteiger partial charge in [0.1, 0.15) is 5.82 Å². The van der Waals surface area contributed by atoms with Gasteiger partial charge < -0.3 is 9.13 Å². The molecule has 24 heavy (non-hydrogen) atoms. The van der Waals surface area contributed by atoms with Gasteiger partial charge in [-0.2, -0.15) is 0 Å². The molecule has 0 atom stereocenters. The standard InChI is InChI=1S/C16H20N6O2/c1-18-14-13(15(23)19(2)16(18)24)22-10-9-21(11-12(22)17-14)8-7-20-5-3-4-6-20/h3-6H,7-11H2,1-2H3. The van der Waals surface area contributed by atoms with Crippen LogP contribution in [0.15, 0.2) is 34.1 Å². The first-order chi connectivity index (χ1) is 11.6. The van der Waals surface area contributed by atoms with Crippen molar-refractivity contribution in [3.8, 4) is 0 Å². The molecule has 1 aliphatic heterocycles. The molecule has 0 aromatic carbocycles. The molecule has 0 bridgehead atoms. The van der Waals surface area contributed by atoms with Gasteiger partial charge in [-0.05, 0) is 12.1 Å². The third-order valence-electron chi connectivity index (χ3n) is 4.77. The quantitative estimate of drug-likeness (QED) is 0.665. The molecule has 0 amide bonds. The normalized spacial score (nSPS) is 15.1. The van der Waals surface area contributed by atoms with Crippen molar-refractivity contribution in [1.82, 2.24) is 28.2 Å². The minimum absolute atomic E-state index is 0.271. The van der Waals surface area contributed by atoms with E-state index in [-0.39, 0.29) is 11.2 Å². The third-order valence-corrected chi connectivity index (χ3v) is 4.77. The Balaban J connectivity index is 1.67. The first kappa shape index (κ1) is 14.9. The number of hydrogen-bond donors (Lipinski definition) is 0. The van der Waals surface area contributed by atoms with E-state index in [1.807, 2.05) is 16.7 Å². The first-order valence-corrected chi connectivity index (χ1v) is 8.04. The predicted octanol–water partition coefficient (Wildman–Crippen LogP) is -0.249. The summed E-state index contributed by atoms with van der Waals surface area (Å²) in [6.45, 7) is 4.12. The maximum absolute atomic E-state index is 12.5. The fraction of sp³-hybridized carbons (Fsp3) is 0.438. The number of aromatic nitrogens is 5. The highest BCUT2D eigenvalue weighted by Gasteiger charge is 2.24. The minimum atomic E-state index is -0.340. The van der Waals surface area contributed by atoms with Crippen LogP contribution in [0.3, 0.4) is 0 Å². The van der Waals surface area contributed by atoms with Crippen LogP contribution < -0.4 is 11.2 Å². The van der Waals surface area contributed by atoms with Crippen LogP contribution >= 0.6 is 0 Å². The molecule has 126 valence electrons. The van der Waals surface area contributed by atoms with Gasteiger partial charge in [-0.25, -0.2) is 9.78 Å². The van der Waals surface area contributed by atoms with Crippen LogP contribution in [0.5, 0.6) is 0 Å². The molecule has 1 aliphatic rings. The van der Waals surface area contributed by atoms with Gasteiger partial charge in [0.15, 0.2) is 11.2 Å². The third kappa shape index (κ3) is 2.22. The zero-order valence-corrected chi connectivity index (χ0v) is 13.8. The molecule has 3 aromatic heterocycles. The van der Waals surface area contributed by atoms with Gasteiger partial charge in [0.2, 0.25) is 0 Å². The van der Waals surface area contributed by atoms with E-state index in [0.29, 0.717) is 24.3 Å². The van der Waals surface area contributed by atoms with Gasteiger partial charge >= 0.3 is 5.69 Å². The molecule has 0 aliphatic carbocycles. The highest BCUT2D eigenvalue weighted by molar-refractivity contribution is 5.71. The number of aryl methyl sites for hydroxylation is 1. The van der Waals surface area contributed by atoms with E-state index in [4.69, 9.17) is 0 Å². The van der Waals surface area contributed by atoms with Crippen molar-refractivity contribution in [2.24, 2.45) is 14.1 Å². The lowest BCUT2D eigenvalue weighted by Crippen LogP contribution is -2.39. The molecule has 0 spiro atoms. The van der Waals surface area contributed by atoms with Gasteiger partial charge in [-0.3, -0.25) is 18.8 Å². The molecule has 0 fully saturated rings. The molecular weight excluding hydrogens is 308 g/mol. The Hall–Kier alpha value is -2.61. The largest absolute Gasteiger partial charge is 0.353 e. The number of hydrogen-bond acceptors (Lipinski definition) is 4. The highest BCUT2D eigenvalue weighted by atomic mass is 16.2. The van der Waals surface area contributed by atoms with E-state index >= 15 is 0 Å². The zero-order valence-electron chi connectivity index (χ0n) is 13.8. The molecule has 0 radical (unpaired) electrons. The van der Waals surface area contributed by atoms with E-state index in [1.165, 1.54) is 11.6 Å². The maximum Gasteiger partial charge on any atom is 0.332 e. The Morgan fingerprint density at radius 1 is 1.04 bits per heavy atom. The van der Waals surface area contributed by atoms with Crippen molar-refractivity contribution in [2.45, 2.75) is 19.6 Å². The molecule has 0 saturated heterocycles. The lowest BCUT2D eigenvalue weighted by Gasteiger charge is -2.27. The lowest BCUT2D eigenvalue weighted by molar-refractivity contribution is 0.211. The van der Waals surface area contributed by atoms with Gasteiger partial charge in [-0.15, -0.1) is 0 Å². The minimum Gasteiger partial charge on any atom is -0.353 e. The molecule has 4 heterocycles. The van der Waals surface area contributed by atoms with Crippen LogP contribution in [0.4, 0.5) is 0 Å². The number of rotatable bonds is 3. The summed E-state index contributed by atoms with van der Waals surface area (Å²) in [5.74, 6) is 0.849. The van der Waals surface area contributed by atoms with Crippen LogP contribution in [0.2, 0.25) is 0 Å². The van der Waals surface area contributed by atoms with Crippen molar-refractivity contribution in [3.63, 3.8) is 0 Å². The Morgan fingerprint density at radius 3 is 2.54 bits per heavy atom. The number of nitrogens with zero attached hydrogens (tertiary/aromatic N) is 6. The van der Waals surface area contributed by atoms with Crippen molar-refractivity contribution in [3.05, 3.63) is 51.2 Å². The van der Waals surface area contributed by atoms with Crippen LogP contribution in [0, 0.1) is 0 Å². The van der Waals surface area contributed by atoms with Crippen molar-refractivity contribution < 1.29 is 0 Å². The average molecular weight is 328 g/mol. The second kappa shape index (κ2) is 5.48. The van der Waals surface area contributed by atoms with E-state index < -0.39 is 0 Å². The van der Waals surface area contributed by atoms with Crippen LogP contribution in [0.25, 0.3) is 11.2 Å². The van der Waals surface area contributed by atoms with E-state index in [9.17, 15) is 9.59 Å². The van der Waals surface area contributed by atoms with Crippen LogP contribution in [0.1, 0.15) is 5.82 Å². The van der Waals surface area contributed by atoms with E-state index in [2.05, 4.69) is 26.8 Å². The van der Waals surface area contributed by atoms with Gasteiger partial charge in [0, 0.05) is 52.7 Å². The topological polar surface area (TPSA) is 70.0 Å². The number of fused-ring (bicyclic) bond motifs is 3. The fourth-order valence-corrected chi connectivity index (χ4v) is 3.34. The van der Waals surface area contributed by atoms with Crippen molar-refractivity contribution in [2.75, 3.05) is 13.1 Å².